The van der Waals surface area contributed by atoms with Crippen molar-refractivity contribution in [3.8, 4) is 11.6 Å². The molecule has 1 atom stereocenters. The number of carbonyl (C=O) groups is 1. The molecule has 4 rings (SSSR count). The second-order valence-corrected chi connectivity index (χ2v) is 6.38. The van der Waals surface area contributed by atoms with Crippen molar-refractivity contribution < 1.29 is 9.53 Å². The van der Waals surface area contributed by atoms with E-state index in [1.165, 1.54) is 6.92 Å². The third-order valence-electron chi connectivity index (χ3n) is 4.32. The predicted octanol–water partition coefficient (Wildman–Crippen LogP) is 3.78. The van der Waals surface area contributed by atoms with E-state index >= 15 is 0 Å². The summed E-state index contributed by atoms with van der Waals surface area (Å²) in [5.41, 5.74) is 2.37. The molecule has 3 aromatic rings. The molecule has 0 spiro atoms. The monoisotopic (exact) mass is 361 g/mol. The Hall–Kier alpha value is -3.48. The number of anilines is 1. The highest BCUT2D eigenvalue weighted by molar-refractivity contribution is 5.89. The van der Waals surface area contributed by atoms with Crippen molar-refractivity contribution in [2.75, 3.05) is 5.32 Å². The van der Waals surface area contributed by atoms with Crippen molar-refractivity contribution in [3.63, 3.8) is 0 Å². The zero-order chi connectivity index (χ0) is 18.8. The standard InChI is InChI=1S/C20H19N5O2/c1-13-22-23-19-10-11-20(24-25(13)19)27-18-12-16(21-14(2)26)8-9-17(18)15-6-4-3-5-7-15/h3-6,8-12,15H,7H2,1-2H3,(H,21,26). The van der Waals surface area contributed by atoms with Crippen LogP contribution in [0.2, 0.25) is 0 Å². The van der Waals surface area contributed by atoms with Crippen LogP contribution in [-0.4, -0.2) is 25.7 Å². The van der Waals surface area contributed by atoms with Crippen LogP contribution in [0.4, 0.5) is 5.69 Å². The second kappa shape index (κ2) is 7.03. The van der Waals surface area contributed by atoms with Crippen molar-refractivity contribution in [2.24, 2.45) is 0 Å². The summed E-state index contributed by atoms with van der Waals surface area (Å²) in [5, 5.41) is 15.3. The Kier molecular flexibility index (Phi) is 4.42. The molecule has 1 N–H and O–H groups in total. The summed E-state index contributed by atoms with van der Waals surface area (Å²) in [4.78, 5) is 11.4. The van der Waals surface area contributed by atoms with Crippen molar-refractivity contribution in [1.29, 1.82) is 0 Å². The summed E-state index contributed by atoms with van der Waals surface area (Å²) < 4.78 is 7.76. The number of nitrogens with one attached hydrogen (secondary N) is 1. The molecule has 136 valence electrons. The normalized spacial score (nSPS) is 15.9. The van der Waals surface area contributed by atoms with Gasteiger partial charge in [-0.2, -0.15) is 4.52 Å². The van der Waals surface area contributed by atoms with Gasteiger partial charge < -0.3 is 10.1 Å². The molecule has 0 radical (unpaired) electrons. The molecule has 1 aliphatic carbocycles. The Bertz CT molecular complexity index is 1070. The number of nitrogens with zero attached hydrogens (tertiary/aromatic N) is 4. The van der Waals surface area contributed by atoms with Gasteiger partial charge in [0.15, 0.2) is 11.5 Å². The predicted molar refractivity (Wildman–Crippen MR) is 102 cm³/mol. The Labute approximate surface area is 156 Å². The van der Waals surface area contributed by atoms with Gasteiger partial charge in [0, 0.05) is 36.2 Å². The van der Waals surface area contributed by atoms with Crippen LogP contribution in [0.3, 0.4) is 0 Å². The van der Waals surface area contributed by atoms with Crippen LogP contribution in [0.5, 0.6) is 11.6 Å². The zero-order valence-corrected chi connectivity index (χ0v) is 15.1. The second-order valence-electron chi connectivity index (χ2n) is 6.38. The molecule has 0 bridgehead atoms. The van der Waals surface area contributed by atoms with E-state index in [-0.39, 0.29) is 11.8 Å². The summed E-state index contributed by atoms with van der Waals surface area (Å²) >= 11 is 0. The first kappa shape index (κ1) is 17.0. The van der Waals surface area contributed by atoms with Gasteiger partial charge in [-0.15, -0.1) is 15.3 Å². The topological polar surface area (TPSA) is 81.4 Å². The number of aryl methyl sites for hydroxylation is 1. The molecule has 0 fully saturated rings. The lowest BCUT2D eigenvalue weighted by Crippen LogP contribution is -2.07. The lowest BCUT2D eigenvalue weighted by atomic mass is 9.91. The zero-order valence-electron chi connectivity index (χ0n) is 15.1. The van der Waals surface area contributed by atoms with E-state index in [2.05, 4.69) is 32.8 Å². The molecular formula is C20H19N5O2. The molecule has 1 unspecified atom stereocenters. The number of carbonyl (C=O) groups excluding carboxylic acids is 1. The number of rotatable bonds is 4. The summed E-state index contributed by atoms with van der Waals surface area (Å²) in [6.45, 7) is 3.31. The third kappa shape index (κ3) is 3.57. The van der Waals surface area contributed by atoms with E-state index in [4.69, 9.17) is 4.74 Å². The van der Waals surface area contributed by atoms with E-state index in [0.29, 0.717) is 28.8 Å². The van der Waals surface area contributed by atoms with E-state index in [0.717, 1.165) is 12.0 Å². The molecule has 0 saturated heterocycles. The number of amides is 1. The highest BCUT2D eigenvalue weighted by atomic mass is 16.5. The number of ether oxygens (including phenoxy) is 1. The number of fused-ring (bicyclic) bond motifs is 1. The van der Waals surface area contributed by atoms with E-state index in [9.17, 15) is 4.79 Å². The fourth-order valence-electron chi connectivity index (χ4n) is 3.07. The lowest BCUT2D eigenvalue weighted by molar-refractivity contribution is -0.114. The molecule has 2 aromatic heterocycles. The molecule has 0 saturated carbocycles. The largest absolute Gasteiger partial charge is 0.437 e. The molecule has 7 nitrogen and oxygen atoms in total. The van der Waals surface area contributed by atoms with E-state index < -0.39 is 0 Å². The van der Waals surface area contributed by atoms with Crippen LogP contribution in [0.25, 0.3) is 5.65 Å². The van der Waals surface area contributed by atoms with Gasteiger partial charge in [0.05, 0.1) is 0 Å². The van der Waals surface area contributed by atoms with Crippen molar-refractivity contribution >= 4 is 17.2 Å². The molecule has 1 aromatic carbocycles. The van der Waals surface area contributed by atoms with Crippen molar-refractivity contribution in [1.82, 2.24) is 19.8 Å². The molecule has 2 heterocycles. The van der Waals surface area contributed by atoms with Gasteiger partial charge in [-0.05, 0) is 25.5 Å². The van der Waals surface area contributed by atoms with Crippen LogP contribution < -0.4 is 10.1 Å². The maximum absolute atomic E-state index is 11.4. The Balaban J connectivity index is 1.72. The number of aromatic nitrogens is 4. The van der Waals surface area contributed by atoms with Crippen molar-refractivity contribution in [2.45, 2.75) is 26.2 Å². The highest BCUT2D eigenvalue weighted by Gasteiger charge is 2.17. The van der Waals surface area contributed by atoms with Crippen LogP contribution in [0, 0.1) is 6.92 Å². The van der Waals surface area contributed by atoms with Gasteiger partial charge in [0.25, 0.3) is 0 Å². The number of hydrogen-bond donors (Lipinski definition) is 1. The first-order valence-electron chi connectivity index (χ1n) is 8.72. The molecule has 1 amide bonds. The summed E-state index contributed by atoms with van der Waals surface area (Å²) in [5.74, 6) is 1.85. The first-order chi connectivity index (χ1) is 13.1. The van der Waals surface area contributed by atoms with E-state index in [1.807, 2.05) is 43.3 Å². The maximum atomic E-state index is 11.4. The fourth-order valence-corrected chi connectivity index (χ4v) is 3.07. The molecule has 1 aliphatic rings. The Morgan fingerprint density at radius 1 is 1.22 bits per heavy atom. The Morgan fingerprint density at radius 2 is 2.11 bits per heavy atom. The minimum Gasteiger partial charge on any atom is -0.437 e. The number of allylic oxidation sites excluding steroid dienone is 4. The maximum Gasteiger partial charge on any atom is 0.237 e. The SMILES string of the molecule is CC(=O)Nc1ccc(C2C=CC=CC2)c(Oc2ccc3nnc(C)n3n2)c1. The minimum atomic E-state index is -0.131. The van der Waals surface area contributed by atoms with Gasteiger partial charge >= 0.3 is 0 Å². The Morgan fingerprint density at radius 3 is 2.89 bits per heavy atom. The highest BCUT2D eigenvalue weighted by Crippen LogP contribution is 2.36. The smallest absolute Gasteiger partial charge is 0.237 e. The average molecular weight is 361 g/mol. The van der Waals surface area contributed by atoms with Gasteiger partial charge in [-0.3, -0.25) is 4.79 Å². The van der Waals surface area contributed by atoms with Crippen LogP contribution in [-0.2, 0) is 4.79 Å². The van der Waals surface area contributed by atoms with Gasteiger partial charge in [0.1, 0.15) is 5.75 Å². The number of benzene rings is 1. The summed E-state index contributed by atoms with van der Waals surface area (Å²) in [7, 11) is 0. The quantitative estimate of drug-likeness (QED) is 0.765. The van der Waals surface area contributed by atoms with Crippen LogP contribution >= 0.6 is 0 Å². The third-order valence-corrected chi connectivity index (χ3v) is 4.32. The summed E-state index contributed by atoms with van der Waals surface area (Å²) in [6, 6.07) is 9.26. The fraction of sp³-hybridized carbons (Fsp3) is 0.200. The van der Waals surface area contributed by atoms with Crippen LogP contribution in [0.15, 0.2) is 54.6 Å². The molecule has 27 heavy (non-hydrogen) atoms. The molecular weight excluding hydrogens is 342 g/mol. The molecule has 7 heteroatoms. The van der Waals surface area contributed by atoms with Crippen molar-refractivity contribution in [3.05, 3.63) is 66.0 Å². The van der Waals surface area contributed by atoms with E-state index in [1.54, 1.807) is 10.6 Å². The van der Waals surface area contributed by atoms with Gasteiger partial charge in [-0.1, -0.05) is 30.4 Å². The molecule has 0 aliphatic heterocycles. The average Bonchev–Trinajstić information content (AvgIpc) is 3.03. The van der Waals surface area contributed by atoms with Crippen LogP contribution in [0.1, 0.15) is 30.7 Å². The summed E-state index contributed by atoms with van der Waals surface area (Å²) in [6.07, 6.45) is 9.22. The lowest BCUT2D eigenvalue weighted by Gasteiger charge is -2.19. The van der Waals surface area contributed by atoms with Gasteiger partial charge in [-0.25, -0.2) is 0 Å². The first-order valence-corrected chi connectivity index (χ1v) is 8.72. The number of hydrogen-bond acceptors (Lipinski definition) is 5. The van der Waals surface area contributed by atoms with Gasteiger partial charge in [0.2, 0.25) is 11.8 Å². The minimum absolute atomic E-state index is 0.131.